The first kappa shape index (κ1) is 23.3. The summed E-state index contributed by atoms with van der Waals surface area (Å²) in [5.74, 6) is -1.17. The van der Waals surface area contributed by atoms with E-state index in [0.717, 1.165) is 8.47 Å². The first-order chi connectivity index (χ1) is 15.3. The van der Waals surface area contributed by atoms with E-state index in [9.17, 15) is 19.2 Å². The van der Waals surface area contributed by atoms with Crippen molar-refractivity contribution in [3.8, 4) is 11.5 Å². The van der Waals surface area contributed by atoms with E-state index in [-0.39, 0.29) is 16.8 Å². The first-order valence-corrected chi connectivity index (χ1v) is 10.5. The van der Waals surface area contributed by atoms with Gasteiger partial charge in [0, 0.05) is 0 Å². The molecule has 9 nitrogen and oxygen atoms in total. The number of carbonyl (C=O) groups excluding carboxylic acids is 4. The second-order valence-electron chi connectivity index (χ2n) is 6.46. The fourth-order valence-electron chi connectivity index (χ4n) is 3.06. The molecule has 0 saturated carbocycles. The minimum atomic E-state index is -0.887. The second kappa shape index (κ2) is 9.81. The number of barbiturate groups is 1. The molecule has 0 aromatic heterocycles. The van der Waals surface area contributed by atoms with Gasteiger partial charge in [-0.1, -0.05) is 0 Å². The monoisotopic (exact) mass is 550 g/mol. The maximum atomic E-state index is 13.1. The van der Waals surface area contributed by atoms with Crippen molar-refractivity contribution in [2.45, 2.75) is 6.92 Å². The van der Waals surface area contributed by atoms with Crippen LogP contribution in [0, 0.1) is 3.57 Å². The lowest BCUT2D eigenvalue weighted by Crippen LogP contribution is -2.54. The maximum absolute atomic E-state index is 13.1. The molecule has 1 saturated heterocycles. The fraction of sp³-hybridized carbons (Fsp3) is 0.182. The summed E-state index contributed by atoms with van der Waals surface area (Å²) in [6.07, 6.45) is 1.38. The normalized spacial score (nSPS) is 14.9. The topological polar surface area (TPSA) is 111 Å². The third-order valence-corrected chi connectivity index (χ3v) is 5.30. The number of nitrogens with zero attached hydrogens (tertiary/aromatic N) is 1. The Kier molecular flexibility index (Phi) is 7.13. The van der Waals surface area contributed by atoms with Gasteiger partial charge in [0.1, 0.15) is 5.57 Å². The highest BCUT2D eigenvalue weighted by Gasteiger charge is 2.37. The van der Waals surface area contributed by atoms with Crippen molar-refractivity contribution in [3.63, 3.8) is 0 Å². The van der Waals surface area contributed by atoms with E-state index in [2.05, 4.69) is 32.6 Å². The number of ether oxygens (including phenoxy) is 3. The van der Waals surface area contributed by atoms with Crippen molar-refractivity contribution in [2.24, 2.45) is 0 Å². The number of hydrogen-bond donors (Lipinski definition) is 1. The predicted molar refractivity (Wildman–Crippen MR) is 124 cm³/mol. The summed E-state index contributed by atoms with van der Waals surface area (Å²) < 4.78 is 16.3. The molecule has 1 N–H and O–H groups in total. The summed E-state index contributed by atoms with van der Waals surface area (Å²) in [7, 11) is 2.77. The molecule has 1 heterocycles. The van der Waals surface area contributed by atoms with E-state index >= 15 is 0 Å². The van der Waals surface area contributed by atoms with Crippen molar-refractivity contribution in [2.75, 3.05) is 25.7 Å². The number of urea groups is 1. The highest BCUT2D eigenvalue weighted by molar-refractivity contribution is 14.1. The van der Waals surface area contributed by atoms with Gasteiger partial charge in [0.05, 0.1) is 35.6 Å². The van der Waals surface area contributed by atoms with E-state index in [1.165, 1.54) is 44.6 Å². The summed E-state index contributed by atoms with van der Waals surface area (Å²) in [6.45, 7) is 2.22. The van der Waals surface area contributed by atoms with Gasteiger partial charge in [0.15, 0.2) is 11.5 Å². The number of hydrogen-bond acceptors (Lipinski definition) is 7. The molecule has 0 unspecified atom stereocenters. The number of halogens is 1. The molecule has 3 rings (SSSR count). The fourth-order valence-corrected chi connectivity index (χ4v) is 3.90. The van der Waals surface area contributed by atoms with Gasteiger partial charge in [0.2, 0.25) is 0 Å². The number of nitrogens with one attached hydrogen (secondary N) is 1. The molecule has 10 heteroatoms. The number of amides is 4. The smallest absolute Gasteiger partial charge is 0.337 e. The van der Waals surface area contributed by atoms with Gasteiger partial charge >= 0.3 is 12.0 Å². The Bertz CT molecular complexity index is 1130. The van der Waals surface area contributed by atoms with Crippen LogP contribution in [0.25, 0.3) is 6.08 Å². The highest BCUT2D eigenvalue weighted by atomic mass is 127. The van der Waals surface area contributed by atoms with Gasteiger partial charge < -0.3 is 14.2 Å². The van der Waals surface area contributed by atoms with Gasteiger partial charge in [0.25, 0.3) is 11.8 Å². The molecule has 0 bridgehead atoms. The Morgan fingerprint density at radius 3 is 2.41 bits per heavy atom. The number of methoxy groups -OCH3 is 2. The van der Waals surface area contributed by atoms with Crippen molar-refractivity contribution in [1.82, 2.24) is 5.32 Å². The molecular weight excluding hydrogens is 531 g/mol. The molecule has 0 aliphatic carbocycles. The third kappa shape index (κ3) is 4.59. The zero-order chi connectivity index (χ0) is 23.4. The number of benzene rings is 2. The standard InChI is InChI=1S/C22H19IN2O7/c1-4-32-17-11-12(10-16(23)18(17)30-2)9-15-19(26)24-22(29)25(20(15)27)14-7-5-13(6-8-14)21(28)31-3/h5-11H,4H2,1-3H3,(H,24,26,29)/b15-9+. The molecule has 166 valence electrons. The number of anilines is 1. The van der Waals surface area contributed by atoms with Gasteiger partial charge in [-0.15, -0.1) is 0 Å². The summed E-state index contributed by atoms with van der Waals surface area (Å²) in [5.41, 5.74) is 0.736. The lowest BCUT2D eigenvalue weighted by Gasteiger charge is -2.26. The van der Waals surface area contributed by atoms with Crippen molar-refractivity contribution >= 4 is 58.2 Å². The van der Waals surface area contributed by atoms with Crippen LogP contribution in [0.4, 0.5) is 10.5 Å². The number of esters is 1. The second-order valence-corrected chi connectivity index (χ2v) is 7.63. The van der Waals surface area contributed by atoms with Gasteiger partial charge in [-0.25, -0.2) is 14.5 Å². The first-order valence-electron chi connectivity index (χ1n) is 9.40. The zero-order valence-corrected chi connectivity index (χ0v) is 19.6. The lowest BCUT2D eigenvalue weighted by atomic mass is 10.1. The van der Waals surface area contributed by atoms with Crippen LogP contribution in [0.3, 0.4) is 0 Å². The van der Waals surface area contributed by atoms with Crippen molar-refractivity contribution in [3.05, 3.63) is 56.7 Å². The van der Waals surface area contributed by atoms with Crippen LogP contribution in [0.1, 0.15) is 22.8 Å². The van der Waals surface area contributed by atoms with Crippen LogP contribution < -0.4 is 19.7 Å². The van der Waals surface area contributed by atoms with Gasteiger partial charge in [-0.2, -0.15) is 0 Å². The minimum Gasteiger partial charge on any atom is -0.492 e. The maximum Gasteiger partial charge on any atom is 0.337 e. The van der Waals surface area contributed by atoms with Gasteiger partial charge in [-0.3, -0.25) is 14.9 Å². The molecule has 1 fully saturated rings. The Balaban J connectivity index is 2.00. The minimum absolute atomic E-state index is 0.192. The van der Waals surface area contributed by atoms with Crippen molar-refractivity contribution < 1.29 is 33.4 Å². The molecule has 1 aliphatic rings. The SMILES string of the molecule is CCOc1cc(/C=C2\C(=O)NC(=O)N(c3ccc(C(=O)OC)cc3)C2=O)cc(I)c1OC. The van der Waals surface area contributed by atoms with Crippen LogP contribution in [-0.4, -0.2) is 44.6 Å². The van der Waals surface area contributed by atoms with Crippen LogP contribution >= 0.6 is 22.6 Å². The van der Waals surface area contributed by atoms with E-state index in [0.29, 0.717) is 23.7 Å². The molecule has 2 aromatic rings. The molecule has 2 aromatic carbocycles. The van der Waals surface area contributed by atoms with E-state index in [1.54, 1.807) is 12.1 Å². The third-order valence-electron chi connectivity index (χ3n) is 4.50. The molecule has 0 spiro atoms. The summed E-state index contributed by atoms with van der Waals surface area (Å²) in [4.78, 5) is 50.3. The van der Waals surface area contributed by atoms with Crippen LogP contribution in [0.5, 0.6) is 11.5 Å². The van der Waals surface area contributed by atoms with Crippen LogP contribution in [-0.2, 0) is 14.3 Å². The van der Waals surface area contributed by atoms with E-state index < -0.39 is 23.8 Å². The molecule has 32 heavy (non-hydrogen) atoms. The quantitative estimate of drug-likeness (QED) is 0.255. The van der Waals surface area contributed by atoms with Crippen LogP contribution in [0.15, 0.2) is 42.0 Å². The lowest BCUT2D eigenvalue weighted by molar-refractivity contribution is -0.122. The Morgan fingerprint density at radius 1 is 1.12 bits per heavy atom. The molecule has 1 aliphatic heterocycles. The predicted octanol–water partition coefficient (Wildman–Crippen LogP) is 3.15. The van der Waals surface area contributed by atoms with Crippen LogP contribution in [0.2, 0.25) is 0 Å². The van der Waals surface area contributed by atoms with E-state index in [4.69, 9.17) is 9.47 Å². The van der Waals surface area contributed by atoms with Gasteiger partial charge in [-0.05, 0) is 77.6 Å². The number of imide groups is 2. The summed E-state index contributed by atoms with van der Waals surface area (Å²) in [6, 6.07) is 8.15. The Labute approximate surface area is 197 Å². The van der Waals surface area contributed by atoms with Crippen molar-refractivity contribution in [1.29, 1.82) is 0 Å². The Hall–Kier alpha value is -3.41. The molecule has 4 amide bonds. The number of carbonyl (C=O) groups is 4. The summed E-state index contributed by atoms with van der Waals surface area (Å²) >= 11 is 2.06. The average molecular weight is 550 g/mol. The zero-order valence-electron chi connectivity index (χ0n) is 17.4. The molecule has 0 atom stereocenters. The largest absolute Gasteiger partial charge is 0.492 e. The molecule has 0 radical (unpaired) electrons. The summed E-state index contributed by atoms with van der Waals surface area (Å²) in [5, 5.41) is 2.16. The van der Waals surface area contributed by atoms with E-state index in [1.807, 2.05) is 6.92 Å². The number of rotatable bonds is 6. The highest BCUT2D eigenvalue weighted by Crippen LogP contribution is 2.35. The molecular formula is C22H19IN2O7. The average Bonchev–Trinajstić information content (AvgIpc) is 2.76. The Morgan fingerprint density at radius 2 is 1.81 bits per heavy atom.